The lowest BCUT2D eigenvalue weighted by molar-refractivity contribution is -0.138. The lowest BCUT2D eigenvalue weighted by Crippen LogP contribution is -2.42. The number of halogens is 4. The molecular formula is C26H32F4N4O3. The van der Waals surface area contributed by atoms with Crippen LogP contribution in [0.25, 0.3) is 11.3 Å². The number of carbonyl (C=O) groups excluding carboxylic acids is 1. The predicted octanol–water partition coefficient (Wildman–Crippen LogP) is 5.08. The minimum atomic E-state index is -4.58. The highest BCUT2D eigenvalue weighted by Gasteiger charge is 2.35. The molecule has 2 fully saturated rings. The van der Waals surface area contributed by atoms with Crippen molar-refractivity contribution in [1.29, 1.82) is 0 Å². The SMILES string of the molecule is O=C(O)C[C@H](CCN1CCC[C@@H](F)C1)NC(=O)c1cc(-c2ccccc2C(F)(F)F)n(C2CCCC2)n1. The van der Waals surface area contributed by atoms with E-state index >= 15 is 0 Å². The van der Waals surface area contributed by atoms with Gasteiger partial charge in [-0.2, -0.15) is 18.3 Å². The van der Waals surface area contributed by atoms with Gasteiger partial charge in [-0.05, 0) is 50.8 Å². The molecule has 2 N–H and O–H groups in total. The minimum Gasteiger partial charge on any atom is -0.481 e. The molecule has 0 bridgehead atoms. The second-order valence-corrected chi connectivity index (χ2v) is 9.94. The molecule has 0 spiro atoms. The first kappa shape index (κ1) is 27.1. The fourth-order valence-corrected chi connectivity index (χ4v) is 5.32. The summed E-state index contributed by atoms with van der Waals surface area (Å²) in [6.07, 6.45) is -0.959. The number of likely N-dealkylation sites (tertiary alicyclic amines) is 1. The van der Waals surface area contributed by atoms with E-state index in [0.717, 1.165) is 38.2 Å². The van der Waals surface area contributed by atoms with E-state index in [2.05, 4.69) is 10.4 Å². The van der Waals surface area contributed by atoms with Gasteiger partial charge in [0.2, 0.25) is 0 Å². The Morgan fingerprint density at radius 3 is 2.54 bits per heavy atom. The van der Waals surface area contributed by atoms with Gasteiger partial charge < -0.3 is 15.3 Å². The zero-order valence-corrected chi connectivity index (χ0v) is 20.5. The van der Waals surface area contributed by atoms with Gasteiger partial charge in [-0.15, -0.1) is 0 Å². The molecule has 2 atom stereocenters. The van der Waals surface area contributed by atoms with Crippen LogP contribution in [0.4, 0.5) is 17.6 Å². The molecule has 1 aliphatic carbocycles. The number of nitrogens with one attached hydrogen (secondary N) is 1. The van der Waals surface area contributed by atoms with Gasteiger partial charge in [0.1, 0.15) is 6.17 Å². The van der Waals surface area contributed by atoms with Crippen LogP contribution in [0.15, 0.2) is 30.3 Å². The summed E-state index contributed by atoms with van der Waals surface area (Å²) in [4.78, 5) is 26.5. The number of carboxylic acid groups (broad SMARTS) is 1. The molecule has 2 aliphatic rings. The van der Waals surface area contributed by atoms with E-state index in [-0.39, 0.29) is 36.0 Å². The van der Waals surface area contributed by atoms with E-state index in [9.17, 15) is 32.3 Å². The standard InChI is InChI=1S/C26H32F4N4O3/c27-17-6-5-12-33(16-17)13-11-18(14-24(35)36)31-25(37)22-15-23(34(32-22)19-7-1-2-8-19)20-9-3-4-10-21(20)26(28,29)30/h3-4,9-10,15,17-19H,1-2,5-8,11-14,16H2,(H,31,37)(H,35,36)/t17-,18+/m1/s1. The zero-order chi connectivity index (χ0) is 26.6. The van der Waals surface area contributed by atoms with E-state index in [1.807, 2.05) is 4.90 Å². The number of benzene rings is 1. The van der Waals surface area contributed by atoms with E-state index < -0.39 is 35.8 Å². The van der Waals surface area contributed by atoms with Crippen LogP contribution in [0, 0.1) is 0 Å². The van der Waals surface area contributed by atoms with Crippen molar-refractivity contribution in [2.75, 3.05) is 19.6 Å². The highest BCUT2D eigenvalue weighted by atomic mass is 19.4. The highest BCUT2D eigenvalue weighted by molar-refractivity contribution is 5.94. The van der Waals surface area contributed by atoms with Gasteiger partial charge in [0.15, 0.2) is 5.69 Å². The second kappa shape index (κ2) is 11.6. The largest absolute Gasteiger partial charge is 0.481 e. The Morgan fingerprint density at radius 1 is 1.14 bits per heavy atom. The maximum atomic E-state index is 13.8. The first-order valence-corrected chi connectivity index (χ1v) is 12.8. The topological polar surface area (TPSA) is 87.5 Å². The fourth-order valence-electron chi connectivity index (χ4n) is 5.32. The molecular weight excluding hydrogens is 492 g/mol. The lowest BCUT2D eigenvalue weighted by Gasteiger charge is -2.30. The van der Waals surface area contributed by atoms with Gasteiger partial charge >= 0.3 is 12.1 Å². The molecule has 2 heterocycles. The first-order valence-electron chi connectivity index (χ1n) is 12.8. The average molecular weight is 525 g/mol. The van der Waals surface area contributed by atoms with Crippen LogP contribution in [0.5, 0.6) is 0 Å². The summed E-state index contributed by atoms with van der Waals surface area (Å²) in [5.41, 5.74) is -0.711. The molecule has 0 unspecified atom stereocenters. The molecule has 7 nitrogen and oxygen atoms in total. The summed E-state index contributed by atoms with van der Waals surface area (Å²) in [6.45, 7) is 1.42. The molecule has 1 aromatic heterocycles. The fraction of sp³-hybridized carbons (Fsp3) is 0.577. The second-order valence-electron chi connectivity index (χ2n) is 9.94. The number of nitrogens with zero attached hydrogens (tertiary/aromatic N) is 3. The molecule has 11 heteroatoms. The number of hydrogen-bond donors (Lipinski definition) is 2. The van der Waals surface area contributed by atoms with E-state index in [1.54, 1.807) is 0 Å². The van der Waals surface area contributed by atoms with Crippen molar-refractivity contribution in [1.82, 2.24) is 20.0 Å². The molecule has 0 radical (unpaired) electrons. The molecule has 1 saturated carbocycles. The van der Waals surface area contributed by atoms with Crippen molar-refractivity contribution in [2.24, 2.45) is 0 Å². The Morgan fingerprint density at radius 2 is 1.86 bits per heavy atom. The van der Waals surface area contributed by atoms with Gasteiger partial charge in [0.05, 0.1) is 23.7 Å². The van der Waals surface area contributed by atoms with Crippen LogP contribution in [0.2, 0.25) is 0 Å². The molecule has 1 aliphatic heterocycles. The zero-order valence-electron chi connectivity index (χ0n) is 20.5. The summed E-state index contributed by atoms with van der Waals surface area (Å²) < 4.78 is 56.6. The van der Waals surface area contributed by atoms with Crippen molar-refractivity contribution >= 4 is 11.9 Å². The van der Waals surface area contributed by atoms with Crippen molar-refractivity contribution in [3.63, 3.8) is 0 Å². The van der Waals surface area contributed by atoms with Crippen LogP contribution >= 0.6 is 0 Å². The number of alkyl halides is 4. The van der Waals surface area contributed by atoms with Gasteiger partial charge in [0, 0.05) is 24.7 Å². The number of rotatable bonds is 9. The average Bonchev–Trinajstić information content (AvgIpc) is 3.52. The number of aromatic nitrogens is 2. The molecule has 1 amide bonds. The van der Waals surface area contributed by atoms with E-state index in [4.69, 9.17) is 0 Å². The third-order valence-corrected chi connectivity index (χ3v) is 7.15. The van der Waals surface area contributed by atoms with Crippen LogP contribution < -0.4 is 5.32 Å². The van der Waals surface area contributed by atoms with Gasteiger partial charge in [-0.3, -0.25) is 14.3 Å². The summed E-state index contributed by atoms with van der Waals surface area (Å²) >= 11 is 0. The molecule has 4 rings (SSSR count). The van der Waals surface area contributed by atoms with Crippen LogP contribution in [-0.2, 0) is 11.0 Å². The minimum absolute atomic E-state index is 0.0542. The van der Waals surface area contributed by atoms with Gasteiger partial charge in [-0.1, -0.05) is 31.0 Å². The smallest absolute Gasteiger partial charge is 0.417 e. The Kier molecular flexibility index (Phi) is 8.51. The molecule has 202 valence electrons. The van der Waals surface area contributed by atoms with Crippen LogP contribution in [0.3, 0.4) is 0 Å². The number of amides is 1. The summed E-state index contributed by atoms with van der Waals surface area (Å²) in [5.74, 6) is -1.74. The number of aliphatic carboxylic acids is 1. The number of carbonyl (C=O) groups is 2. The van der Waals surface area contributed by atoms with Gasteiger partial charge in [-0.25, -0.2) is 4.39 Å². The normalized spacial score (nSPS) is 20.2. The van der Waals surface area contributed by atoms with Crippen molar-refractivity contribution in [3.8, 4) is 11.3 Å². The lowest BCUT2D eigenvalue weighted by atomic mass is 10.0. The Bertz CT molecular complexity index is 1100. The third kappa shape index (κ3) is 6.88. The predicted molar refractivity (Wildman–Crippen MR) is 129 cm³/mol. The first-order chi connectivity index (χ1) is 17.6. The summed E-state index contributed by atoms with van der Waals surface area (Å²) in [5, 5.41) is 16.5. The number of piperidine rings is 1. The maximum Gasteiger partial charge on any atom is 0.417 e. The van der Waals surface area contributed by atoms with Gasteiger partial charge in [0.25, 0.3) is 5.91 Å². The Labute approximate surface area is 212 Å². The third-order valence-electron chi connectivity index (χ3n) is 7.15. The maximum absolute atomic E-state index is 13.8. The quantitative estimate of drug-likeness (QED) is 0.447. The monoisotopic (exact) mass is 524 g/mol. The number of hydrogen-bond acceptors (Lipinski definition) is 4. The van der Waals surface area contributed by atoms with E-state index in [0.29, 0.717) is 25.9 Å². The summed E-state index contributed by atoms with van der Waals surface area (Å²) in [7, 11) is 0. The van der Waals surface area contributed by atoms with Crippen molar-refractivity contribution in [3.05, 3.63) is 41.6 Å². The van der Waals surface area contributed by atoms with Crippen LogP contribution in [0.1, 0.15) is 73.5 Å². The molecule has 1 saturated heterocycles. The number of carboxylic acids is 1. The van der Waals surface area contributed by atoms with Crippen molar-refractivity contribution < 1.29 is 32.3 Å². The van der Waals surface area contributed by atoms with Crippen molar-refractivity contribution in [2.45, 2.75) is 75.8 Å². The Balaban J connectivity index is 1.57. The molecule has 2 aromatic rings. The highest BCUT2D eigenvalue weighted by Crippen LogP contribution is 2.40. The molecule has 37 heavy (non-hydrogen) atoms. The Hall–Kier alpha value is -2.95. The van der Waals surface area contributed by atoms with E-state index in [1.165, 1.54) is 28.9 Å². The van der Waals surface area contributed by atoms with Crippen LogP contribution in [-0.4, -0.2) is 63.5 Å². The molecule has 1 aromatic carbocycles. The summed E-state index contributed by atoms with van der Waals surface area (Å²) in [6, 6.07) is 5.72.